The van der Waals surface area contributed by atoms with Gasteiger partial charge in [0, 0.05) is 12.7 Å². The molecule has 1 rings (SSSR count). The number of hydrogen-bond acceptors (Lipinski definition) is 3. The molecule has 1 heterocycles. The molecule has 0 radical (unpaired) electrons. The summed E-state index contributed by atoms with van der Waals surface area (Å²) in [5.41, 5.74) is 0. The minimum atomic E-state index is -0.106. The molecule has 1 amide bonds. The molecule has 2 N–H and O–H groups in total. The van der Waals surface area contributed by atoms with Gasteiger partial charge in [-0.2, -0.15) is 0 Å². The first-order chi connectivity index (χ1) is 6.83. The van der Waals surface area contributed by atoms with Gasteiger partial charge in [0.2, 0.25) is 5.91 Å². The van der Waals surface area contributed by atoms with Crippen LogP contribution in [0.25, 0.3) is 0 Å². The number of carbonyl (C=O) groups excluding carboxylic acids is 1. The van der Waals surface area contributed by atoms with Crippen molar-refractivity contribution in [3.8, 4) is 0 Å². The van der Waals surface area contributed by atoms with Crippen LogP contribution in [0.2, 0.25) is 0 Å². The molecular weight excluding hydrogens is 178 g/mol. The molecule has 0 unspecified atom stereocenters. The van der Waals surface area contributed by atoms with Gasteiger partial charge < -0.3 is 10.6 Å². The van der Waals surface area contributed by atoms with E-state index < -0.39 is 0 Å². The number of aromatic nitrogens is 1. The largest absolute Gasteiger partial charge is 0.310 e. The molecule has 4 heteroatoms. The summed E-state index contributed by atoms with van der Waals surface area (Å²) in [5.74, 6) is 0.462. The Morgan fingerprint density at radius 1 is 1.57 bits per heavy atom. The first-order valence-corrected chi connectivity index (χ1v) is 4.35. The molecule has 0 bridgehead atoms. The second-order valence-electron chi connectivity index (χ2n) is 2.68. The van der Waals surface area contributed by atoms with Crippen molar-refractivity contribution in [2.45, 2.75) is 0 Å². The van der Waals surface area contributed by atoms with E-state index in [1.54, 1.807) is 24.4 Å². The smallest absolute Gasteiger partial charge is 0.239 e. The van der Waals surface area contributed by atoms with E-state index in [0.29, 0.717) is 12.4 Å². The van der Waals surface area contributed by atoms with Crippen LogP contribution in [-0.4, -0.2) is 24.0 Å². The Morgan fingerprint density at radius 2 is 2.43 bits per heavy atom. The number of anilines is 1. The summed E-state index contributed by atoms with van der Waals surface area (Å²) in [5, 5.41) is 5.55. The zero-order valence-corrected chi connectivity index (χ0v) is 7.86. The minimum absolute atomic E-state index is 0.106. The summed E-state index contributed by atoms with van der Waals surface area (Å²) in [6.07, 6.45) is 3.33. The van der Waals surface area contributed by atoms with Gasteiger partial charge in [-0.05, 0) is 12.1 Å². The van der Waals surface area contributed by atoms with Crippen LogP contribution in [0.15, 0.2) is 37.1 Å². The second kappa shape index (κ2) is 5.88. The average Bonchev–Trinajstić information content (AvgIpc) is 2.20. The number of pyridine rings is 1. The van der Waals surface area contributed by atoms with E-state index in [-0.39, 0.29) is 12.5 Å². The van der Waals surface area contributed by atoms with Gasteiger partial charge in [-0.25, -0.2) is 4.98 Å². The van der Waals surface area contributed by atoms with Gasteiger partial charge in [-0.15, -0.1) is 6.58 Å². The van der Waals surface area contributed by atoms with Crippen LogP contribution in [0, 0.1) is 0 Å². The van der Waals surface area contributed by atoms with Crippen LogP contribution in [0.4, 0.5) is 5.82 Å². The lowest BCUT2D eigenvalue weighted by atomic mass is 10.4. The van der Waals surface area contributed by atoms with Gasteiger partial charge in [0.15, 0.2) is 0 Å². The van der Waals surface area contributed by atoms with E-state index in [9.17, 15) is 4.79 Å². The standard InChI is InChI=1S/C10H13N3O/c1-2-6-11-8-10(14)13-9-5-3-4-7-12-9/h2-5,7,11H,1,6,8H2,(H,12,13,14). The van der Waals surface area contributed by atoms with Crippen molar-refractivity contribution in [2.75, 3.05) is 18.4 Å². The molecule has 14 heavy (non-hydrogen) atoms. The lowest BCUT2D eigenvalue weighted by Gasteiger charge is -2.03. The summed E-state index contributed by atoms with van der Waals surface area (Å²) in [6.45, 7) is 4.42. The molecular formula is C10H13N3O. The monoisotopic (exact) mass is 191 g/mol. The molecule has 4 nitrogen and oxygen atoms in total. The minimum Gasteiger partial charge on any atom is -0.310 e. The molecule has 0 aromatic carbocycles. The normalized spacial score (nSPS) is 9.43. The molecule has 1 aromatic rings. The average molecular weight is 191 g/mol. The fourth-order valence-corrected chi connectivity index (χ4v) is 0.912. The number of amides is 1. The molecule has 0 saturated heterocycles. The fraction of sp³-hybridized carbons (Fsp3) is 0.200. The van der Waals surface area contributed by atoms with Crippen molar-refractivity contribution >= 4 is 11.7 Å². The van der Waals surface area contributed by atoms with Gasteiger partial charge in [-0.3, -0.25) is 4.79 Å². The summed E-state index contributed by atoms with van der Waals surface area (Å²) >= 11 is 0. The Morgan fingerprint density at radius 3 is 3.07 bits per heavy atom. The maximum Gasteiger partial charge on any atom is 0.239 e. The fourth-order valence-electron chi connectivity index (χ4n) is 0.912. The Hall–Kier alpha value is -1.68. The SMILES string of the molecule is C=CCNCC(=O)Nc1ccccn1. The van der Waals surface area contributed by atoms with E-state index >= 15 is 0 Å². The molecule has 0 atom stereocenters. The van der Waals surface area contributed by atoms with Crippen molar-refractivity contribution in [3.63, 3.8) is 0 Å². The second-order valence-corrected chi connectivity index (χ2v) is 2.68. The van der Waals surface area contributed by atoms with Crippen LogP contribution in [0.1, 0.15) is 0 Å². The molecule has 0 aliphatic heterocycles. The van der Waals surface area contributed by atoms with Crippen LogP contribution in [0.3, 0.4) is 0 Å². The topological polar surface area (TPSA) is 54.0 Å². The highest BCUT2D eigenvalue weighted by Gasteiger charge is 2.00. The number of nitrogens with one attached hydrogen (secondary N) is 2. The summed E-state index contributed by atoms with van der Waals surface area (Å²) in [7, 11) is 0. The Balaban J connectivity index is 2.31. The predicted octanol–water partition coefficient (Wildman–Crippen LogP) is 0.796. The van der Waals surface area contributed by atoms with E-state index in [0.717, 1.165) is 0 Å². The van der Waals surface area contributed by atoms with Gasteiger partial charge in [0.25, 0.3) is 0 Å². The quantitative estimate of drug-likeness (QED) is 0.534. The predicted molar refractivity (Wildman–Crippen MR) is 55.9 cm³/mol. The molecule has 0 aliphatic carbocycles. The number of nitrogens with zero attached hydrogens (tertiary/aromatic N) is 1. The number of hydrogen-bond donors (Lipinski definition) is 2. The maximum absolute atomic E-state index is 11.2. The van der Waals surface area contributed by atoms with E-state index in [4.69, 9.17) is 0 Å². The van der Waals surface area contributed by atoms with Crippen LogP contribution in [0.5, 0.6) is 0 Å². The molecule has 0 aliphatic rings. The summed E-state index contributed by atoms with van der Waals surface area (Å²) in [6, 6.07) is 5.36. The molecule has 74 valence electrons. The lowest BCUT2D eigenvalue weighted by molar-refractivity contribution is -0.115. The maximum atomic E-state index is 11.2. The first kappa shape index (κ1) is 10.4. The first-order valence-electron chi connectivity index (χ1n) is 4.35. The highest BCUT2D eigenvalue weighted by atomic mass is 16.1. The number of carbonyl (C=O) groups is 1. The van der Waals surface area contributed by atoms with Crippen molar-refractivity contribution in [1.29, 1.82) is 0 Å². The van der Waals surface area contributed by atoms with Crippen molar-refractivity contribution in [3.05, 3.63) is 37.1 Å². The molecule has 0 spiro atoms. The Bertz CT molecular complexity index is 297. The van der Waals surface area contributed by atoms with E-state index in [2.05, 4.69) is 22.2 Å². The van der Waals surface area contributed by atoms with Gasteiger partial charge in [-0.1, -0.05) is 12.1 Å². The van der Waals surface area contributed by atoms with Gasteiger partial charge in [0.05, 0.1) is 6.54 Å². The molecule has 0 saturated carbocycles. The third kappa shape index (κ3) is 3.82. The third-order valence-electron chi connectivity index (χ3n) is 1.51. The number of rotatable bonds is 5. The Labute approximate surface area is 83.0 Å². The van der Waals surface area contributed by atoms with E-state index in [1.165, 1.54) is 0 Å². The van der Waals surface area contributed by atoms with Crippen molar-refractivity contribution < 1.29 is 4.79 Å². The molecule has 0 fully saturated rings. The highest BCUT2D eigenvalue weighted by Crippen LogP contribution is 1.98. The lowest BCUT2D eigenvalue weighted by Crippen LogP contribution is -2.28. The molecule has 1 aromatic heterocycles. The van der Waals surface area contributed by atoms with Crippen molar-refractivity contribution in [2.24, 2.45) is 0 Å². The van der Waals surface area contributed by atoms with Gasteiger partial charge >= 0.3 is 0 Å². The Kier molecular flexibility index (Phi) is 4.37. The van der Waals surface area contributed by atoms with Crippen molar-refractivity contribution in [1.82, 2.24) is 10.3 Å². The van der Waals surface area contributed by atoms with Crippen LogP contribution in [-0.2, 0) is 4.79 Å². The summed E-state index contributed by atoms with van der Waals surface area (Å²) in [4.78, 5) is 15.2. The third-order valence-corrected chi connectivity index (χ3v) is 1.51. The van der Waals surface area contributed by atoms with E-state index in [1.807, 2.05) is 6.07 Å². The van der Waals surface area contributed by atoms with Crippen LogP contribution < -0.4 is 10.6 Å². The zero-order valence-electron chi connectivity index (χ0n) is 7.86. The van der Waals surface area contributed by atoms with Gasteiger partial charge in [0.1, 0.15) is 5.82 Å². The van der Waals surface area contributed by atoms with Crippen LogP contribution >= 0.6 is 0 Å². The zero-order chi connectivity index (χ0) is 10.2. The highest BCUT2D eigenvalue weighted by molar-refractivity contribution is 5.91. The summed E-state index contributed by atoms with van der Waals surface area (Å²) < 4.78 is 0.